The van der Waals surface area contributed by atoms with Crippen molar-refractivity contribution in [1.29, 1.82) is 0 Å². The van der Waals surface area contributed by atoms with Crippen molar-refractivity contribution in [2.24, 2.45) is 5.10 Å². The number of hydrogen-bond donors (Lipinski definition) is 2. The summed E-state index contributed by atoms with van der Waals surface area (Å²) in [6.45, 7) is 0. The minimum atomic E-state index is -0.681. The molecule has 0 radical (unpaired) electrons. The molecule has 232 valence electrons. The normalized spacial score (nSPS) is 11.1. The van der Waals surface area contributed by atoms with E-state index < -0.39 is 23.8 Å². The average Bonchev–Trinajstić information content (AvgIpc) is 3.64. The number of rotatable bonds is 11. The highest BCUT2D eigenvalue weighted by molar-refractivity contribution is 6.02. The van der Waals surface area contributed by atoms with Crippen LogP contribution in [0.15, 0.2) is 143 Å². The van der Waals surface area contributed by atoms with Crippen LogP contribution in [0.3, 0.4) is 0 Å². The molecule has 0 aliphatic heterocycles. The molecule has 1 aromatic heterocycles. The van der Waals surface area contributed by atoms with Gasteiger partial charge in [0.1, 0.15) is 11.5 Å². The summed E-state index contributed by atoms with van der Waals surface area (Å²) >= 11 is 0. The van der Waals surface area contributed by atoms with Gasteiger partial charge in [0.25, 0.3) is 11.8 Å². The summed E-state index contributed by atoms with van der Waals surface area (Å²) in [7, 11) is 0. The zero-order valence-corrected chi connectivity index (χ0v) is 24.7. The van der Waals surface area contributed by atoms with Gasteiger partial charge in [-0.15, -0.1) is 0 Å². The number of anilines is 1. The molecule has 0 atom stereocenters. The predicted molar refractivity (Wildman–Crippen MR) is 177 cm³/mol. The number of para-hydroxylation sites is 2. The molecule has 5 rings (SSSR count). The molecule has 5 aromatic rings. The largest absolute Gasteiger partial charge is 0.459 e. The Labute approximate surface area is 269 Å². The van der Waals surface area contributed by atoms with Gasteiger partial charge in [0.2, 0.25) is 0 Å². The van der Waals surface area contributed by atoms with E-state index >= 15 is 0 Å². The lowest BCUT2D eigenvalue weighted by Crippen LogP contribution is -2.18. The molecule has 0 aliphatic rings. The zero-order valence-electron chi connectivity index (χ0n) is 24.7. The van der Waals surface area contributed by atoms with Crippen LogP contribution in [0.2, 0.25) is 0 Å². The monoisotopic (exact) mass is 625 g/mol. The van der Waals surface area contributed by atoms with Crippen molar-refractivity contribution >= 4 is 47.8 Å². The summed E-state index contributed by atoms with van der Waals surface area (Å²) in [5.74, 6) is -1.50. The van der Waals surface area contributed by atoms with Gasteiger partial charge in [0, 0.05) is 34.5 Å². The van der Waals surface area contributed by atoms with Crippen LogP contribution >= 0.6 is 0 Å². The Hall–Kier alpha value is -6.81. The van der Waals surface area contributed by atoms with E-state index in [4.69, 9.17) is 13.9 Å². The van der Waals surface area contributed by atoms with Gasteiger partial charge in [-0.05, 0) is 72.3 Å². The van der Waals surface area contributed by atoms with Crippen LogP contribution in [-0.4, -0.2) is 30.0 Å². The number of hydrogen-bond acceptors (Lipinski definition) is 8. The number of ether oxygens (including phenoxy) is 2. The fraction of sp³-hybridized carbons (Fsp3) is 0. The number of benzene rings is 4. The van der Waals surface area contributed by atoms with E-state index in [9.17, 15) is 19.2 Å². The molecule has 1 heterocycles. The first-order valence-electron chi connectivity index (χ1n) is 14.3. The van der Waals surface area contributed by atoms with Gasteiger partial charge in [0.05, 0.1) is 12.5 Å². The third kappa shape index (κ3) is 9.34. The van der Waals surface area contributed by atoms with Crippen LogP contribution < -0.4 is 20.2 Å². The number of nitrogens with zero attached hydrogens (tertiary/aromatic N) is 1. The Balaban J connectivity index is 1.15. The first-order valence-corrected chi connectivity index (χ1v) is 14.3. The van der Waals surface area contributed by atoms with E-state index in [1.807, 2.05) is 30.3 Å². The molecular formula is C37H27N3O7. The maximum absolute atomic E-state index is 12.7. The van der Waals surface area contributed by atoms with E-state index in [0.29, 0.717) is 22.4 Å². The lowest BCUT2D eigenvalue weighted by atomic mass is 10.2. The molecule has 0 saturated carbocycles. The number of amides is 2. The number of esters is 2. The number of hydrazone groups is 1. The molecule has 47 heavy (non-hydrogen) atoms. The average molecular weight is 626 g/mol. The zero-order chi connectivity index (χ0) is 32.8. The molecule has 0 spiro atoms. The molecule has 2 N–H and O–H groups in total. The van der Waals surface area contributed by atoms with Gasteiger partial charge in [-0.1, -0.05) is 60.7 Å². The van der Waals surface area contributed by atoms with Gasteiger partial charge in [-0.3, -0.25) is 9.59 Å². The molecule has 0 saturated heterocycles. The van der Waals surface area contributed by atoms with E-state index in [0.717, 1.165) is 5.56 Å². The molecule has 0 unspecified atom stereocenters. The number of nitrogens with one attached hydrogen (secondary N) is 2. The second-order valence-corrected chi connectivity index (χ2v) is 9.70. The second kappa shape index (κ2) is 15.8. The predicted octanol–water partition coefficient (Wildman–Crippen LogP) is 6.53. The molecule has 10 nitrogen and oxygen atoms in total. The van der Waals surface area contributed by atoms with Crippen molar-refractivity contribution < 1.29 is 33.1 Å². The van der Waals surface area contributed by atoms with Crippen LogP contribution in [0.25, 0.3) is 12.2 Å². The molecule has 0 aliphatic carbocycles. The molecule has 0 fully saturated rings. The smallest absolute Gasteiger partial charge is 0.336 e. The van der Waals surface area contributed by atoms with Crippen molar-refractivity contribution in [3.8, 4) is 11.5 Å². The van der Waals surface area contributed by atoms with E-state index in [2.05, 4.69) is 15.8 Å². The second-order valence-electron chi connectivity index (χ2n) is 9.70. The van der Waals surface area contributed by atoms with Gasteiger partial charge >= 0.3 is 11.9 Å². The topological polar surface area (TPSA) is 136 Å². The van der Waals surface area contributed by atoms with Crippen molar-refractivity contribution in [2.75, 3.05) is 5.32 Å². The van der Waals surface area contributed by atoms with E-state index in [1.54, 1.807) is 78.9 Å². The maximum Gasteiger partial charge on any atom is 0.336 e. The molecular weight excluding hydrogens is 598 g/mol. The maximum atomic E-state index is 12.7. The standard InChI is InChI=1S/C37H27N3O7/c41-34(22-16-26-9-2-1-3-10-26)46-31-13-6-4-11-27(31)19-23-35(42)47-32-14-7-5-12-29(32)25-38-40-36(43)28-17-20-30(21-18-28)39-37(44)33-15-8-24-45-33/h1-25H,(H,39,44)(H,40,43)/b22-16+,23-19+,38-25+. The Morgan fingerprint density at radius 3 is 1.91 bits per heavy atom. The van der Waals surface area contributed by atoms with Gasteiger partial charge in [0.15, 0.2) is 5.76 Å². The summed E-state index contributed by atoms with van der Waals surface area (Å²) in [6, 6.07) is 32.1. The molecule has 10 heteroatoms. The minimum Gasteiger partial charge on any atom is -0.459 e. The highest BCUT2D eigenvalue weighted by Gasteiger charge is 2.11. The summed E-state index contributed by atoms with van der Waals surface area (Å²) in [4.78, 5) is 49.7. The number of furan rings is 1. The minimum absolute atomic E-state index is 0.166. The van der Waals surface area contributed by atoms with E-state index in [1.165, 1.54) is 42.8 Å². The first kappa shape index (κ1) is 31.6. The van der Waals surface area contributed by atoms with Crippen LogP contribution in [0.4, 0.5) is 5.69 Å². The summed E-state index contributed by atoms with van der Waals surface area (Å²) in [6.07, 6.45) is 8.42. The van der Waals surface area contributed by atoms with Gasteiger partial charge < -0.3 is 19.2 Å². The van der Waals surface area contributed by atoms with Gasteiger partial charge in [-0.2, -0.15) is 5.10 Å². The Morgan fingerprint density at radius 2 is 1.23 bits per heavy atom. The van der Waals surface area contributed by atoms with Crippen LogP contribution in [-0.2, 0) is 9.59 Å². The van der Waals surface area contributed by atoms with Crippen molar-refractivity contribution in [3.05, 3.63) is 162 Å². The van der Waals surface area contributed by atoms with Crippen molar-refractivity contribution in [3.63, 3.8) is 0 Å². The number of carbonyl (C=O) groups excluding carboxylic acids is 4. The van der Waals surface area contributed by atoms with Crippen molar-refractivity contribution in [1.82, 2.24) is 5.43 Å². The number of carbonyl (C=O) groups is 4. The third-order valence-corrected chi connectivity index (χ3v) is 6.39. The van der Waals surface area contributed by atoms with Crippen LogP contribution in [0.5, 0.6) is 11.5 Å². The van der Waals surface area contributed by atoms with Gasteiger partial charge in [-0.25, -0.2) is 15.0 Å². The molecule has 2 amide bonds. The summed E-state index contributed by atoms with van der Waals surface area (Å²) in [5.41, 5.74) is 5.00. The van der Waals surface area contributed by atoms with Crippen molar-refractivity contribution in [2.45, 2.75) is 0 Å². The lowest BCUT2D eigenvalue weighted by molar-refractivity contribution is -0.129. The SMILES string of the molecule is O=C(/C=C/c1ccccc1)Oc1ccccc1/C=C/C(=O)Oc1ccccc1/C=N/NC(=O)c1ccc(NC(=O)c2ccco2)cc1. The summed E-state index contributed by atoms with van der Waals surface area (Å²) in [5, 5.41) is 6.66. The Kier molecular flexibility index (Phi) is 10.6. The summed E-state index contributed by atoms with van der Waals surface area (Å²) < 4.78 is 16.0. The fourth-order valence-corrected chi connectivity index (χ4v) is 4.09. The Morgan fingerprint density at radius 1 is 0.617 bits per heavy atom. The van der Waals surface area contributed by atoms with Crippen LogP contribution in [0, 0.1) is 0 Å². The quantitative estimate of drug-likeness (QED) is 0.0560. The van der Waals surface area contributed by atoms with E-state index in [-0.39, 0.29) is 17.3 Å². The molecule has 0 bridgehead atoms. The van der Waals surface area contributed by atoms with Crippen LogP contribution in [0.1, 0.15) is 37.6 Å². The Bertz CT molecular complexity index is 1950. The molecule has 4 aromatic carbocycles. The highest BCUT2D eigenvalue weighted by atomic mass is 16.5. The highest BCUT2D eigenvalue weighted by Crippen LogP contribution is 2.21. The lowest BCUT2D eigenvalue weighted by Gasteiger charge is -2.07. The third-order valence-electron chi connectivity index (χ3n) is 6.39. The fourth-order valence-electron chi connectivity index (χ4n) is 4.09. The first-order chi connectivity index (χ1) is 22.9.